The van der Waals surface area contributed by atoms with Gasteiger partial charge < -0.3 is 15.4 Å². The maximum Gasteiger partial charge on any atom is 0.259 e. The Kier molecular flexibility index (Phi) is 8.70. The molecule has 0 saturated carbocycles. The molecule has 5 rings (SSSR count). The third-order valence-electron chi connectivity index (χ3n) is 6.60. The summed E-state index contributed by atoms with van der Waals surface area (Å²) in [5.41, 5.74) is 2.87. The third kappa shape index (κ3) is 6.44. The lowest BCUT2D eigenvalue weighted by Crippen LogP contribution is -2.43. The van der Waals surface area contributed by atoms with E-state index in [1.54, 1.807) is 31.4 Å². The molecule has 0 aromatic heterocycles. The molecule has 2 N–H and O–H groups in total. The second kappa shape index (κ2) is 12.6. The van der Waals surface area contributed by atoms with Crippen LogP contribution in [0.2, 0.25) is 5.02 Å². The molecule has 2 atom stereocenters. The van der Waals surface area contributed by atoms with Gasteiger partial charge in [0.15, 0.2) is 5.17 Å². The average molecular weight is 590 g/mol. The SMILES string of the molecule is CC[C@H](SC1=Nc2ccccc2C2=N[C@H](CC(=O)NCc3ccc(OC)cc3)C(=O)N12)C(=O)Nc1ccc(Cl)cc1. The number of rotatable bonds is 9. The minimum Gasteiger partial charge on any atom is -0.497 e. The Hall–Kier alpha value is -4.15. The molecule has 9 nitrogen and oxygen atoms in total. The van der Waals surface area contributed by atoms with E-state index in [4.69, 9.17) is 21.3 Å². The van der Waals surface area contributed by atoms with Crippen LogP contribution in [0.4, 0.5) is 11.4 Å². The normalized spacial score (nSPS) is 16.2. The van der Waals surface area contributed by atoms with Crippen molar-refractivity contribution in [3.63, 3.8) is 0 Å². The van der Waals surface area contributed by atoms with E-state index in [0.29, 0.717) is 45.9 Å². The van der Waals surface area contributed by atoms with Crippen LogP contribution in [0.25, 0.3) is 0 Å². The minimum atomic E-state index is -0.902. The molecule has 0 spiro atoms. The first-order chi connectivity index (χ1) is 19.9. The highest BCUT2D eigenvalue weighted by Gasteiger charge is 2.43. The Morgan fingerprint density at radius 3 is 2.51 bits per heavy atom. The highest BCUT2D eigenvalue weighted by Crippen LogP contribution is 2.36. The number of anilines is 1. The summed E-state index contributed by atoms with van der Waals surface area (Å²) < 4.78 is 5.17. The number of halogens is 1. The van der Waals surface area contributed by atoms with Gasteiger partial charge in [0.1, 0.15) is 17.6 Å². The summed E-state index contributed by atoms with van der Waals surface area (Å²) in [4.78, 5) is 50.4. The van der Waals surface area contributed by atoms with E-state index in [-0.39, 0.29) is 24.1 Å². The lowest BCUT2D eigenvalue weighted by molar-refractivity contribution is -0.128. The van der Waals surface area contributed by atoms with Crippen molar-refractivity contribution in [1.82, 2.24) is 10.2 Å². The van der Waals surface area contributed by atoms with Crippen LogP contribution in [-0.2, 0) is 20.9 Å². The predicted molar refractivity (Wildman–Crippen MR) is 162 cm³/mol. The van der Waals surface area contributed by atoms with Gasteiger partial charge in [-0.2, -0.15) is 0 Å². The van der Waals surface area contributed by atoms with Crippen molar-refractivity contribution in [2.75, 3.05) is 12.4 Å². The predicted octanol–water partition coefficient (Wildman–Crippen LogP) is 5.16. The Balaban J connectivity index is 1.31. The molecule has 0 aliphatic carbocycles. The van der Waals surface area contributed by atoms with Crippen molar-refractivity contribution in [1.29, 1.82) is 0 Å². The number of aliphatic imine (C=N–C) groups is 2. The number of carbonyl (C=O) groups is 3. The van der Waals surface area contributed by atoms with Gasteiger partial charge in [0.2, 0.25) is 11.8 Å². The molecule has 0 fully saturated rings. The average Bonchev–Trinajstić information content (AvgIpc) is 3.32. The molecule has 0 saturated heterocycles. The number of nitrogens with zero attached hydrogens (tertiary/aromatic N) is 3. The van der Waals surface area contributed by atoms with Gasteiger partial charge in [-0.3, -0.25) is 19.4 Å². The van der Waals surface area contributed by atoms with Crippen LogP contribution in [-0.4, -0.2) is 52.0 Å². The lowest BCUT2D eigenvalue weighted by Gasteiger charge is -2.27. The van der Waals surface area contributed by atoms with Gasteiger partial charge in [-0.15, -0.1) is 0 Å². The van der Waals surface area contributed by atoms with Crippen molar-refractivity contribution >= 4 is 63.5 Å². The summed E-state index contributed by atoms with van der Waals surface area (Å²) in [5, 5.41) is 6.16. The summed E-state index contributed by atoms with van der Waals surface area (Å²) in [5.74, 6) is 0.294. The molecule has 2 aliphatic heterocycles. The minimum absolute atomic E-state index is 0.108. The van der Waals surface area contributed by atoms with Gasteiger partial charge in [-0.05, 0) is 60.5 Å². The summed E-state index contributed by atoms with van der Waals surface area (Å²) >= 11 is 7.16. The Morgan fingerprint density at radius 1 is 1.07 bits per heavy atom. The van der Waals surface area contributed by atoms with E-state index in [2.05, 4.69) is 15.6 Å². The van der Waals surface area contributed by atoms with Crippen molar-refractivity contribution in [2.24, 2.45) is 9.98 Å². The number of nitrogens with one attached hydrogen (secondary N) is 2. The summed E-state index contributed by atoms with van der Waals surface area (Å²) in [6.07, 6.45) is 0.389. The molecule has 41 heavy (non-hydrogen) atoms. The number of hydrogen-bond donors (Lipinski definition) is 2. The first-order valence-electron chi connectivity index (χ1n) is 13.1. The van der Waals surface area contributed by atoms with Crippen LogP contribution in [0, 0.1) is 0 Å². The Labute approximate surface area is 247 Å². The van der Waals surface area contributed by atoms with Crippen LogP contribution in [0.3, 0.4) is 0 Å². The number of fused-ring (bicyclic) bond motifs is 3. The lowest BCUT2D eigenvalue weighted by atomic mass is 10.1. The molecule has 210 valence electrons. The van der Waals surface area contributed by atoms with Crippen LogP contribution in [0.5, 0.6) is 5.75 Å². The molecule has 2 heterocycles. The topological polar surface area (TPSA) is 112 Å². The highest BCUT2D eigenvalue weighted by atomic mass is 35.5. The second-order valence-electron chi connectivity index (χ2n) is 9.39. The number of benzene rings is 3. The van der Waals surface area contributed by atoms with Crippen LogP contribution in [0.1, 0.15) is 30.9 Å². The largest absolute Gasteiger partial charge is 0.497 e. The quantitative estimate of drug-likeness (QED) is 0.358. The number of para-hydroxylation sites is 1. The fourth-order valence-corrected chi connectivity index (χ4v) is 5.56. The fourth-order valence-electron chi connectivity index (χ4n) is 4.41. The van der Waals surface area contributed by atoms with E-state index >= 15 is 0 Å². The maximum absolute atomic E-state index is 13.6. The molecule has 0 unspecified atom stereocenters. The zero-order valence-electron chi connectivity index (χ0n) is 22.5. The second-order valence-corrected chi connectivity index (χ2v) is 11.0. The number of thioether (sulfide) groups is 1. The van der Waals surface area contributed by atoms with Crippen molar-refractivity contribution in [3.05, 3.63) is 88.9 Å². The van der Waals surface area contributed by atoms with Crippen molar-refractivity contribution < 1.29 is 19.1 Å². The van der Waals surface area contributed by atoms with E-state index in [0.717, 1.165) is 11.3 Å². The van der Waals surface area contributed by atoms with Gasteiger partial charge in [0.05, 0.1) is 24.5 Å². The Morgan fingerprint density at radius 2 is 1.80 bits per heavy atom. The van der Waals surface area contributed by atoms with Crippen molar-refractivity contribution in [2.45, 2.75) is 37.6 Å². The molecule has 3 aromatic carbocycles. The van der Waals surface area contributed by atoms with E-state index in [1.807, 2.05) is 55.5 Å². The zero-order chi connectivity index (χ0) is 28.9. The number of ether oxygens (including phenoxy) is 1. The summed E-state index contributed by atoms with van der Waals surface area (Å²) in [6.45, 7) is 2.21. The molecule has 0 radical (unpaired) electrons. The number of amidine groups is 2. The van der Waals surface area contributed by atoms with Gasteiger partial charge in [0.25, 0.3) is 5.91 Å². The van der Waals surface area contributed by atoms with E-state index < -0.39 is 11.3 Å². The van der Waals surface area contributed by atoms with E-state index in [9.17, 15) is 14.4 Å². The van der Waals surface area contributed by atoms with Crippen LogP contribution in [0.15, 0.2) is 82.8 Å². The molecule has 3 amide bonds. The summed E-state index contributed by atoms with van der Waals surface area (Å²) in [6, 6.07) is 20.7. The molecule has 0 bridgehead atoms. The third-order valence-corrected chi connectivity index (χ3v) is 8.17. The molecule has 2 aliphatic rings. The molecular weight excluding hydrogens is 562 g/mol. The summed E-state index contributed by atoms with van der Waals surface area (Å²) in [7, 11) is 1.59. The van der Waals surface area contributed by atoms with Crippen LogP contribution < -0.4 is 15.4 Å². The van der Waals surface area contributed by atoms with Crippen molar-refractivity contribution in [3.8, 4) is 5.75 Å². The standard InChI is InChI=1S/C30H28ClN5O4S/c1-3-25(28(38)33-20-12-10-19(31)11-13-20)41-30-35-23-7-5-4-6-22(23)27-34-24(29(39)36(27)30)16-26(37)32-17-18-8-14-21(40-2)15-9-18/h4-15,24-25H,3,16-17H2,1-2H3,(H,32,37)(H,33,38)/t24-,25+/m1/s1. The number of hydrogen-bond acceptors (Lipinski definition) is 7. The number of carbonyl (C=O) groups excluding carboxylic acids is 3. The zero-order valence-corrected chi connectivity index (χ0v) is 24.0. The van der Waals surface area contributed by atoms with Gasteiger partial charge >= 0.3 is 0 Å². The monoisotopic (exact) mass is 589 g/mol. The number of amides is 3. The maximum atomic E-state index is 13.6. The smallest absolute Gasteiger partial charge is 0.259 e. The first-order valence-corrected chi connectivity index (χ1v) is 14.3. The highest BCUT2D eigenvalue weighted by molar-refractivity contribution is 8.15. The van der Waals surface area contributed by atoms with E-state index in [1.165, 1.54) is 16.7 Å². The molecule has 3 aromatic rings. The molecular formula is C30H28ClN5O4S. The van der Waals surface area contributed by atoms with Gasteiger partial charge in [-0.1, -0.05) is 54.6 Å². The Bertz CT molecular complexity index is 1520. The molecule has 11 heteroatoms. The van der Waals surface area contributed by atoms with Gasteiger partial charge in [-0.25, -0.2) is 9.89 Å². The van der Waals surface area contributed by atoms with Gasteiger partial charge in [0, 0.05) is 22.8 Å². The first kappa shape index (κ1) is 28.4. The fraction of sp³-hybridized carbons (Fsp3) is 0.233. The van der Waals surface area contributed by atoms with Crippen LogP contribution >= 0.6 is 23.4 Å². The number of methoxy groups -OCH3 is 1.